The van der Waals surface area contributed by atoms with Crippen LogP contribution in [0.1, 0.15) is 38.2 Å². The van der Waals surface area contributed by atoms with Crippen LogP contribution in [-0.4, -0.2) is 18.4 Å². The molecule has 0 saturated carbocycles. The third kappa shape index (κ3) is 7.56. The van der Waals surface area contributed by atoms with Crippen molar-refractivity contribution in [2.75, 3.05) is 17.6 Å². The van der Waals surface area contributed by atoms with E-state index >= 15 is 0 Å². The zero-order valence-electron chi connectivity index (χ0n) is 12.6. The van der Waals surface area contributed by atoms with E-state index in [2.05, 4.69) is 10.6 Å². The third-order valence-electron chi connectivity index (χ3n) is 2.92. The maximum absolute atomic E-state index is 11.8. The van der Waals surface area contributed by atoms with E-state index in [4.69, 9.17) is 5.73 Å². The number of carbonyl (C=O) groups is 2. The molecular formula is C15H24ClN3O2. The van der Waals surface area contributed by atoms with E-state index in [1.165, 1.54) is 0 Å². The van der Waals surface area contributed by atoms with Crippen LogP contribution in [0.25, 0.3) is 0 Å². The molecule has 1 aromatic rings. The van der Waals surface area contributed by atoms with E-state index in [9.17, 15) is 9.59 Å². The Hall–Kier alpha value is -1.75. The fraction of sp³-hybridized carbons (Fsp3) is 0.467. The Morgan fingerprint density at radius 1 is 1.19 bits per heavy atom. The molecule has 0 atom stereocenters. The number of benzene rings is 1. The first-order chi connectivity index (χ1) is 9.52. The molecule has 118 valence electrons. The minimum absolute atomic E-state index is 0. The molecule has 0 unspecified atom stereocenters. The fourth-order valence-corrected chi connectivity index (χ4v) is 1.75. The quantitative estimate of drug-likeness (QED) is 0.677. The SMILES string of the molecule is CCCNC(=O)CCCC(=O)Nc1cc(N)ccc1C.Cl. The van der Waals surface area contributed by atoms with Gasteiger partial charge in [0.15, 0.2) is 0 Å². The van der Waals surface area contributed by atoms with Crippen molar-refractivity contribution in [2.45, 2.75) is 39.5 Å². The molecule has 4 N–H and O–H groups in total. The van der Waals surface area contributed by atoms with Crippen molar-refractivity contribution in [1.29, 1.82) is 0 Å². The van der Waals surface area contributed by atoms with Gasteiger partial charge < -0.3 is 16.4 Å². The second-order valence-corrected chi connectivity index (χ2v) is 4.83. The molecule has 21 heavy (non-hydrogen) atoms. The van der Waals surface area contributed by atoms with E-state index in [1.54, 1.807) is 12.1 Å². The smallest absolute Gasteiger partial charge is 0.224 e. The van der Waals surface area contributed by atoms with Crippen molar-refractivity contribution in [2.24, 2.45) is 0 Å². The van der Waals surface area contributed by atoms with Crippen LogP contribution < -0.4 is 16.4 Å². The first-order valence-electron chi connectivity index (χ1n) is 6.95. The number of carbonyl (C=O) groups excluding carboxylic acids is 2. The molecule has 1 rings (SSSR count). The molecule has 0 spiro atoms. The van der Waals surface area contributed by atoms with Gasteiger partial charge in [0.2, 0.25) is 11.8 Å². The number of nitrogens with one attached hydrogen (secondary N) is 2. The van der Waals surface area contributed by atoms with Gasteiger partial charge in [-0.1, -0.05) is 13.0 Å². The molecular weight excluding hydrogens is 290 g/mol. The van der Waals surface area contributed by atoms with Crippen LogP contribution >= 0.6 is 12.4 Å². The van der Waals surface area contributed by atoms with Crippen molar-refractivity contribution >= 4 is 35.6 Å². The molecule has 0 fully saturated rings. The topological polar surface area (TPSA) is 84.2 Å². The molecule has 0 aromatic heterocycles. The minimum atomic E-state index is -0.0954. The number of halogens is 1. The summed E-state index contributed by atoms with van der Waals surface area (Å²) in [6.07, 6.45) is 2.17. The summed E-state index contributed by atoms with van der Waals surface area (Å²) in [5, 5.41) is 5.60. The summed E-state index contributed by atoms with van der Waals surface area (Å²) >= 11 is 0. The van der Waals surface area contributed by atoms with Gasteiger partial charge in [-0.05, 0) is 37.5 Å². The van der Waals surface area contributed by atoms with Crippen LogP contribution in [0.5, 0.6) is 0 Å². The number of aryl methyl sites for hydroxylation is 1. The lowest BCUT2D eigenvalue weighted by Gasteiger charge is -2.09. The van der Waals surface area contributed by atoms with E-state index < -0.39 is 0 Å². The highest BCUT2D eigenvalue weighted by Crippen LogP contribution is 2.18. The number of anilines is 2. The Labute approximate surface area is 132 Å². The molecule has 1 aromatic carbocycles. The van der Waals surface area contributed by atoms with Crippen molar-refractivity contribution in [1.82, 2.24) is 5.32 Å². The summed E-state index contributed by atoms with van der Waals surface area (Å²) in [7, 11) is 0. The predicted molar refractivity (Wildman–Crippen MR) is 88.6 cm³/mol. The summed E-state index contributed by atoms with van der Waals surface area (Å²) in [5.41, 5.74) is 7.99. The van der Waals surface area contributed by atoms with Gasteiger partial charge in [-0.15, -0.1) is 12.4 Å². The summed E-state index contributed by atoms with van der Waals surface area (Å²) in [6.45, 7) is 4.60. The summed E-state index contributed by atoms with van der Waals surface area (Å²) < 4.78 is 0. The van der Waals surface area contributed by atoms with E-state index in [0.717, 1.165) is 17.7 Å². The van der Waals surface area contributed by atoms with Crippen LogP contribution in [0.3, 0.4) is 0 Å². The first kappa shape index (κ1) is 19.2. The van der Waals surface area contributed by atoms with Gasteiger partial charge >= 0.3 is 0 Å². The maximum Gasteiger partial charge on any atom is 0.224 e. The van der Waals surface area contributed by atoms with Crippen LogP contribution in [-0.2, 0) is 9.59 Å². The Morgan fingerprint density at radius 3 is 2.52 bits per heavy atom. The summed E-state index contributed by atoms with van der Waals surface area (Å²) in [5.74, 6) is -0.0956. The molecule has 0 saturated heterocycles. The zero-order chi connectivity index (χ0) is 15.0. The Balaban J connectivity index is 0.00000400. The second-order valence-electron chi connectivity index (χ2n) is 4.83. The van der Waals surface area contributed by atoms with Gasteiger partial charge in [-0.25, -0.2) is 0 Å². The molecule has 0 aliphatic carbocycles. The highest BCUT2D eigenvalue weighted by atomic mass is 35.5. The lowest BCUT2D eigenvalue weighted by Crippen LogP contribution is -2.24. The fourth-order valence-electron chi connectivity index (χ4n) is 1.75. The Bertz CT molecular complexity index is 478. The number of rotatable bonds is 7. The number of nitrogen functional groups attached to an aromatic ring is 1. The largest absolute Gasteiger partial charge is 0.399 e. The van der Waals surface area contributed by atoms with Crippen molar-refractivity contribution < 1.29 is 9.59 Å². The van der Waals surface area contributed by atoms with E-state index in [-0.39, 0.29) is 24.2 Å². The minimum Gasteiger partial charge on any atom is -0.399 e. The van der Waals surface area contributed by atoms with Gasteiger partial charge in [0.25, 0.3) is 0 Å². The predicted octanol–water partition coefficient (Wildman–Crippen LogP) is 2.63. The van der Waals surface area contributed by atoms with Crippen LogP contribution in [0.4, 0.5) is 11.4 Å². The molecule has 0 heterocycles. The van der Waals surface area contributed by atoms with Crippen molar-refractivity contribution in [3.63, 3.8) is 0 Å². The Kier molecular flexibility index (Phi) is 9.21. The lowest BCUT2D eigenvalue weighted by molar-refractivity contribution is -0.121. The average Bonchev–Trinajstić information content (AvgIpc) is 2.40. The molecule has 6 heteroatoms. The molecule has 0 aliphatic heterocycles. The second kappa shape index (κ2) is 10.0. The number of hydrogen-bond acceptors (Lipinski definition) is 3. The van der Waals surface area contributed by atoms with Crippen LogP contribution in [0.2, 0.25) is 0 Å². The van der Waals surface area contributed by atoms with Crippen molar-refractivity contribution in [3.8, 4) is 0 Å². The highest BCUT2D eigenvalue weighted by molar-refractivity contribution is 5.92. The van der Waals surface area contributed by atoms with Crippen molar-refractivity contribution in [3.05, 3.63) is 23.8 Å². The van der Waals surface area contributed by atoms with Gasteiger partial charge in [0, 0.05) is 30.8 Å². The molecule has 0 radical (unpaired) electrons. The zero-order valence-corrected chi connectivity index (χ0v) is 13.4. The average molecular weight is 314 g/mol. The molecule has 2 amide bonds. The maximum atomic E-state index is 11.8. The molecule has 0 bridgehead atoms. The van der Waals surface area contributed by atoms with E-state index in [0.29, 0.717) is 31.5 Å². The Morgan fingerprint density at radius 2 is 1.86 bits per heavy atom. The van der Waals surface area contributed by atoms with Gasteiger partial charge in [-0.2, -0.15) is 0 Å². The lowest BCUT2D eigenvalue weighted by atomic mass is 10.1. The number of nitrogens with two attached hydrogens (primary N) is 1. The van der Waals surface area contributed by atoms with E-state index in [1.807, 2.05) is 19.9 Å². The number of hydrogen-bond donors (Lipinski definition) is 3. The third-order valence-corrected chi connectivity index (χ3v) is 2.92. The van der Waals surface area contributed by atoms with Gasteiger partial charge in [-0.3, -0.25) is 9.59 Å². The molecule has 0 aliphatic rings. The number of amides is 2. The summed E-state index contributed by atoms with van der Waals surface area (Å²) in [4.78, 5) is 23.2. The monoisotopic (exact) mass is 313 g/mol. The van der Waals surface area contributed by atoms with Crippen LogP contribution in [0, 0.1) is 6.92 Å². The highest BCUT2D eigenvalue weighted by Gasteiger charge is 2.07. The summed E-state index contributed by atoms with van der Waals surface area (Å²) in [6, 6.07) is 5.40. The normalized spacial score (nSPS) is 9.62. The molecule has 5 nitrogen and oxygen atoms in total. The van der Waals surface area contributed by atoms with Gasteiger partial charge in [0.05, 0.1) is 0 Å². The van der Waals surface area contributed by atoms with Gasteiger partial charge in [0.1, 0.15) is 0 Å². The first-order valence-corrected chi connectivity index (χ1v) is 6.95. The van der Waals surface area contributed by atoms with Crippen LogP contribution in [0.15, 0.2) is 18.2 Å². The standard InChI is InChI=1S/C15H23N3O2.ClH/c1-3-9-17-14(19)5-4-6-15(20)18-13-10-12(16)8-7-11(13)2;/h7-8,10H,3-6,9,16H2,1-2H3,(H,17,19)(H,18,20);1H.